The van der Waals surface area contributed by atoms with Crippen molar-refractivity contribution in [3.63, 3.8) is 0 Å². The molecule has 0 bridgehead atoms. The molecule has 0 N–H and O–H groups in total. The highest BCUT2D eigenvalue weighted by molar-refractivity contribution is 6.35. The van der Waals surface area contributed by atoms with E-state index in [4.69, 9.17) is 0 Å². The standard InChI is InChI=1S/C9H21B/c1-7(2)6-9(10-5)8(3)4/h7-10H,6H2,1-5H3. The summed E-state index contributed by atoms with van der Waals surface area (Å²) in [6, 6.07) is 0. The maximum absolute atomic E-state index is 2.33. The molecule has 0 aromatic carbocycles. The van der Waals surface area contributed by atoms with Gasteiger partial charge in [0.2, 0.25) is 0 Å². The monoisotopic (exact) mass is 140 g/mol. The first-order valence-electron chi connectivity index (χ1n) is 4.57. The summed E-state index contributed by atoms with van der Waals surface area (Å²) in [5.41, 5.74) is 0. The van der Waals surface area contributed by atoms with E-state index in [-0.39, 0.29) is 0 Å². The second kappa shape index (κ2) is 4.82. The predicted molar refractivity (Wildman–Crippen MR) is 51.1 cm³/mol. The van der Waals surface area contributed by atoms with Gasteiger partial charge in [-0.3, -0.25) is 0 Å². The first-order valence-corrected chi connectivity index (χ1v) is 4.57. The molecule has 60 valence electrons. The van der Waals surface area contributed by atoms with Crippen molar-refractivity contribution in [2.24, 2.45) is 11.8 Å². The Kier molecular flexibility index (Phi) is 4.85. The Bertz CT molecular complexity index is 76.8. The van der Waals surface area contributed by atoms with Gasteiger partial charge in [-0.25, -0.2) is 0 Å². The topological polar surface area (TPSA) is 0 Å². The van der Waals surface area contributed by atoms with Crippen LogP contribution in [-0.4, -0.2) is 7.28 Å². The lowest BCUT2D eigenvalue weighted by Gasteiger charge is -2.19. The normalized spacial score (nSPS) is 14.3. The molecule has 0 aliphatic heterocycles. The SMILES string of the molecule is CBC(CC(C)C)C(C)C. The van der Waals surface area contributed by atoms with Crippen LogP contribution in [0, 0.1) is 11.8 Å². The summed E-state index contributed by atoms with van der Waals surface area (Å²) in [4.78, 5) is 0. The zero-order chi connectivity index (χ0) is 8.15. The Morgan fingerprint density at radius 1 is 1.10 bits per heavy atom. The summed E-state index contributed by atoms with van der Waals surface area (Å²) < 4.78 is 0. The third-order valence-electron chi connectivity index (χ3n) is 2.24. The van der Waals surface area contributed by atoms with Crippen LogP contribution in [0.25, 0.3) is 0 Å². The van der Waals surface area contributed by atoms with Gasteiger partial charge in [-0.2, -0.15) is 0 Å². The van der Waals surface area contributed by atoms with Crippen LogP contribution in [0.5, 0.6) is 0 Å². The molecule has 0 amide bonds. The average Bonchev–Trinajstić information content (AvgIpc) is 1.81. The average molecular weight is 140 g/mol. The molecule has 0 heterocycles. The fourth-order valence-electron chi connectivity index (χ4n) is 1.52. The van der Waals surface area contributed by atoms with E-state index in [1.165, 1.54) is 13.7 Å². The highest BCUT2D eigenvalue weighted by Crippen LogP contribution is 2.24. The minimum absolute atomic E-state index is 0.868. The fraction of sp³-hybridized carbons (Fsp3) is 1.00. The van der Waals surface area contributed by atoms with Gasteiger partial charge >= 0.3 is 0 Å². The van der Waals surface area contributed by atoms with Crippen molar-refractivity contribution in [3.8, 4) is 0 Å². The van der Waals surface area contributed by atoms with Gasteiger partial charge in [-0.05, 0) is 5.92 Å². The third kappa shape index (κ3) is 3.97. The minimum atomic E-state index is 0.868. The van der Waals surface area contributed by atoms with Crippen LogP contribution in [0.1, 0.15) is 34.1 Å². The van der Waals surface area contributed by atoms with E-state index in [0.29, 0.717) is 0 Å². The number of hydrogen-bond acceptors (Lipinski definition) is 0. The van der Waals surface area contributed by atoms with Gasteiger partial charge in [0.05, 0.1) is 0 Å². The van der Waals surface area contributed by atoms with Gasteiger partial charge in [0.25, 0.3) is 0 Å². The molecule has 0 rings (SSSR count). The Morgan fingerprint density at radius 2 is 1.60 bits per heavy atom. The van der Waals surface area contributed by atoms with Crippen molar-refractivity contribution >= 4 is 7.28 Å². The van der Waals surface area contributed by atoms with E-state index >= 15 is 0 Å². The maximum Gasteiger partial charge on any atom is 0.121 e. The molecule has 1 heteroatoms. The molecule has 0 aliphatic rings. The minimum Gasteiger partial charge on any atom is -0.0891 e. The van der Waals surface area contributed by atoms with E-state index in [9.17, 15) is 0 Å². The Balaban J connectivity index is 3.60. The zero-order valence-electron chi connectivity index (χ0n) is 8.15. The molecule has 0 fully saturated rings. The molecule has 0 saturated heterocycles. The second-order valence-corrected chi connectivity index (χ2v) is 4.04. The second-order valence-electron chi connectivity index (χ2n) is 4.04. The predicted octanol–water partition coefficient (Wildman–Crippen LogP) is 2.96. The van der Waals surface area contributed by atoms with Crippen molar-refractivity contribution in [1.29, 1.82) is 0 Å². The van der Waals surface area contributed by atoms with Crippen LogP contribution >= 0.6 is 0 Å². The molecule has 10 heavy (non-hydrogen) atoms. The van der Waals surface area contributed by atoms with Crippen molar-refractivity contribution in [3.05, 3.63) is 0 Å². The first kappa shape index (κ1) is 10.1. The summed E-state index contributed by atoms with van der Waals surface area (Å²) in [7, 11) is 1.34. The summed E-state index contributed by atoms with van der Waals surface area (Å²) >= 11 is 0. The van der Waals surface area contributed by atoms with Gasteiger partial charge in [-0.15, -0.1) is 0 Å². The molecule has 0 aromatic rings. The van der Waals surface area contributed by atoms with Gasteiger partial charge < -0.3 is 0 Å². The van der Waals surface area contributed by atoms with Crippen LogP contribution < -0.4 is 0 Å². The van der Waals surface area contributed by atoms with Gasteiger partial charge in [-0.1, -0.05) is 52.7 Å². The molecule has 1 unspecified atom stereocenters. The molecule has 1 atom stereocenters. The van der Waals surface area contributed by atoms with Crippen LogP contribution in [0.4, 0.5) is 0 Å². The lowest BCUT2D eigenvalue weighted by Crippen LogP contribution is -2.10. The van der Waals surface area contributed by atoms with Crippen LogP contribution in [-0.2, 0) is 0 Å². The molecule has 0 aromatic heterocycles. The maximum atomic E-state index is 2.33. The van der Waals surface area contributed by atoms with Crippen LogP contribution in [0.15, 0.2) is 0 Å². The van der Waals surface area contributed by atoms with E-state index in [1.54, 1.807) is 0 Å². The highest BCUT2D eigenvalue weighted by Gasteiger charge is 2.12. The molecule has 0 aliphatic carbocycles. The van der Waals surface area contributed by atoms with Gasteiger partial charge in [0, 0.05) is 0 Å². The smallest absolute Gasteiger partial charge is 0.0891 e. The fourth-order valence-corrected chi connectivity index (χ4v) is 1.52. The van der Waals surface area contributed by atoms with E-state index in [1.807, 2.05) is 0 Å². The molecular weight excluding hydrogens is 119 g/mol. The Morgan fingerprint density at radius 3 is 1.70 bits per heavy atom. The molecule has 0 nitrogen and oxygen atoms in total. The van der Waals surface area contributed by atoms with E-state index in [0.717, 1.165) is 17.7 Å². The molecular formula is C9H21B. The first-order chi connectivity index (χ1) is 4.57. The molecule has 0 spiro atoms. The summed E-state index contributed by atoms with van der Waals surface area (Å²) in [5.74, 6) is 2.68. The van der Waals surface area contributed by atoms with Gasteiger partial charge in [0.15, 0.2) is 0 Å². The quantitative estimate of drug-likeness (QED) is 0.526. The Labute approximate surface area is 66.6 Å². The zero-order valence-corrected chi connectivity index (χ0v) is 8.15. The lowest BCUT2D eigenvalue weighted by molar-refractivity contribution is 0.472. The van der Waals surface area contributed by atoms with E-state index < -0.39 is 0 Å². The van der Waals surface area contributed by atoms with Crippen LogP contribution in [0.3, 0.4) is 0 Å². The molecule has 0 radical (unpaired) electrons. The van der Waals surface area contributed by atoms with Crippen molar-refractivity contribution in [1.82, 2.24) is 0 Å². The molecule has 0 saturated carbocycles. The van der Waals surface area contributed by atoms with Crippen molar-refractivity contribution in [2.75, 3.05) is 0 Å². The summed E-state index contributed by atoms with van der Waals surface area (Å²) in [5, 5.41) is 0. The van der Waals surface area contributed by atoms with Crippen molar-refractivity contribution < 1.29 is 0 Å². The number of hydrogen-bond donors (Lipinski definition) is 0. The number of rotatable bonds is 4. The van der Waals surface area contributed by atoms with E-state index in [2.05, 4.69) is 34.5 Å². The summed E-state index contributed by atoms with van der Waals surface area (Å²) in [6.45, 7) is 11.6. The summed E-state index contributed by atoms with van der Waals surface area (Å²) in [6.07, 6.45) is 1.40. The third-order valence-corrected chi connectivity index (χ3v) is 2.24. The largest absolute Gasteiger partial charge is 0.121 e. The van der Waals surface area contributed by atoms with Crippen molar-refractivity contribution in [2.45, 2.75) is 46.8 Å². The highest BCUT2D eigenvalue weighted by atomic mass is 14.1. The van der Waals surface area contributed by atoms with Crippen LogP contribution in [0.2, 0.25) is 12.6 Å². The van der Waals surface area contributed by atoms with Gasteiger partial charge in [0.1, 0.15) is 7.28 Å². The Hall–Kier alpha value is 0.0649. The lowest BCUT2D eigenvalue weighted by atomic mass is 9.59.